The number of pyridine rings is 1. The number of carbonyl (C=O) groups is 1. The molecule has 1 fully saturated rings. The Morgan fingerprint density at radius 1 is 1.46 bits per heavy atom. The maximum absolute atomic E-state index is 12.5. The molecular weight excluding hydrogens is 310 g/mol. The highest BCUT2D eigenvalue weighted by Crippen LogP contribution is 2.39. The van der Waals surface area contributed by atoms with Crippen molar-refractivity contribution in [1.29, 1.82) is 0 Å². The maximum Gasteiger partial charge on any atom is 0.329 e. The van der Waals surface area contributed by atoms with E-state index in [1.54, 1.807) is 6.07 Å². The van der Waals surface area contributed by atoms with Crippen LogP contribution in [0.2, 0.25) is 0 Å². The van der Waals surface area contributed by atoms with E-state index in [4.69, 9.17) is 5.73 Å². The van der Waals surface area contributed by atoms with Crippen LogP contribution in [0.5, 0.6) is 0 Å². The second kappa shape index (κ2) is 6.56. The average molecular weight is 331 g/mol. The second-order valence-corrected chi connectivity index (χ2v) is 6.02. The van der Waals surface area contributed by atoms with Crippen LogP contribution in [0.25, 0.3) is 11.0 Å². The number of aromatic amines is 1. The molecule has 24 heavy (non-hydrogen) atoms. The first kappa shape index (κ1) is 16.4. The summed E-state index contributed by atoms with van der Waals surface area (Å²) in [6, 6.07) is 1.67. The van der Waals surface area contributed by atoms with Crippen molar-refractivity contribution in [1.82, 2.24) is 19.9 Å². The SMILES string of the molecule is CCCn1c(=O)[nH]c(=O)c2c(C(=O)NCCN)cc(C3CC3)nc21. The molecule has 8 nitrogen and oxygen atoms in total. The molecule has 0 unspecified atom stereocenters. The van der Waals surface area contributed by atoms with E-state index < -0.39 is 11.2 Å². The van der Waals surface area contributed by atoms with Gasteiger partial charge in [0.25, 0.3) is 11.5 Å². The molecule has 1 aliphatic rings. The van der Waals surface area contributed by atoms with Gasteiger partial charge in [0.15, 0.2) is 5.65 Å². The van der Waals surface area contributed by atoms with Gasteiger partial charge in [-0.05, 0) is 25.3 Å². The van der Waals surface area contributed by atoms with Gasteiger partial charge < -0.3 is 11.1 Å². The molecule has 1 saturated carbocycles. The van der Waals surface area contributed by atoms with E-state index in [9.17, 15) is 14.4 Å². The molecule has 8 heteroatoms. The Balaban J connectivity index is 2.29. The molecule has 0 aliphatic heterocycles. The number of rotatable bonds is 6. The summed E-state index contributed by atoms with van der Waals surface area (Å²) in [7, 11) is 0. The second-order valence-electron chi connectivity index (χ2n) is 6.02. The van der Waals surface area contributed by atoms with Gasteiger partial charge in [0.1, 0.15) is 0 Å². The Labute approximate surface area is 138 Å². The quantitative estimate of drug-likeness (QED) is 0.691. The predicted molar refractivity (Wildman–Crippen MR) is 90.3 cm³/mol. The van der Waals surface area contributed by atoms with Crippen LogP contribution in [-0.2, 0) is 6.54 Å². The molecule has 0 aromatic carbocycles. The zero-order valence-corrected chi connectivity index (χ0v) is 13.6. The minimum absolute atomic E-state index is 0.155. The van der Waals surface area contributed by atoms with Crippen molar-refractivity contribution >= 4 is 16.9 Å². The first-order valence-corrected chi connectivity index (χ1v) is 8.22. The molecule has 1 amide bonds. The number of aromatic nitrogens is 3. The van der Waals surface area contributed by atoms with Crippen LogP contribution < -0.4 is 22.3 Å². The third-order valence-electron chi connectivity index (χ3n) is 4.09. The minimum atomic E-state index is -0.588. The Kier molecular flexibility index (Phi) is 4.48. The Hall–Kier alpha value is -2.48. The zero-order chi connectivity index (χ0) is 17.3. The van der Waals surface area contributed by atoms with E-state index in [1.165, 1.54) is 4.57 Å². The largest absolute Gasteiger partial charge is 0.351 e. The van der Waals surface area contributed by atoms with E-state index in [0.29, 0.717) is 32.0 Å². The van der Waals surface area contributed by atoms with Gasteiger partial charge in [-0.25, -0.2) is 9.78 Å². The Bertz CT molecular complexity index is 895. The van der Waals surface area contributed by atoms with Crippen molar-refractivity contribution in [2.45, 2.75) is 38.6 Å². The fraction of sp³-hybridized carbons (Fsp3) is 0.500. The number of hydrogen-bond acceptors (Lipinski definition) is 5. The lowest BCUT2D eigenvalue weighted by Gasteiger charge is -2.12. The highest BCUT2D eigenvalue weighted by atomic mass is 16.2. The van der Waals surface area contributed by atoms with Crippen molar-refractivity contribution in [3.05, 3.63) is 38.2 Å². The summed E-state index contributed by atoms with van der Waals surface area (Å²) in [6.07, 6.45) is 2.72. The minimum Gasteiger partial charge on any atom is -0.351 e. The number of nitrogens with one attached hydrogen (secondary N) is 2. The van der Waals surface area contributed by atoms with Crippen molar-refractivity contribution in [2.75, 3.05) is 13.1 Å². The van der Waals surface area contributed by atoms with E-state index in [2.05, 4.69) is 15.3 Å². The number of fused-ring (bicyclic) bond motifs is 1. The van der Waals surface area contributed by atoms with Crippen LogP contribution in [0, 0.1) is 0 Å². The summed E-state index contributed by atoms with van der Waals surface area (Å²) in [5, 5.41) is 2.84. The number of nitrogens with two attached hydrogens (primary N) is 1. The van der Waals surface area contributed by atoms with E-state index >= 15 is 0 Å². The number of aryl methyl sites for hydroxylation is 1. The molecule has 1 aliphatic carbocycles. The van der Waals surface area contributed by atoms with Gasteiger partial charge in [0, 0.05) is 31.2 Å². The smallest absolute Gasteiger partial charge is 0.329 e. The molecular formula is C16H21N5O3. The van der Waals surface area contributed by atoms with Gasteiger partial charge in [-0.2, -0.15) is 0 Å². The lowest BCUT2D eigenvalue weighted by Crippen LogP contribution is -2.34. The molecule has 0 radical (unpaired) electrons. The standard InChI is InChI=1S/C16H21N5O3/c1-2-7-21-13-12(15(23)20-16(21)24)10(14(22)18-6-5-17)8-11(19-13)9-3-4-9/h8-9H,2-7,17H2,1H3,(H,18,22)(H,20,23,24). The van der Waals surface area contributed by atoms with Gasteiger partial charge in [-0.15, -0.1) is 0 Å². The highest BCUT2D eigenvalue weighted by molar-refractivity contribution is 6.05. The van der Waals surface area contributed by atoms with Gasteiger partial charge in [-0.1, -0.05) is 6.92 Å². The zero-order valence-electron chi connectivity index (χ0n) is 13.6. The van der Waals surface area contributed by atoms with Crippen LogP contribution in [-0.4, -0.2) is 33.5 Å². The predicted octanol–water partition coefficient (Wildman–Crippen LogP) is 0.0607. The third kappa shape index (κ3) is 2.96. The molecule has 2 aromatic heterocycles. The number of carbonyl (C=O) groups excluding carboxylic acids is 1. The molecule has 0 bridgehead atoms. The summed E-state index contributed by atoms with van der Waals surface area (Å²) in [5.41, 5.74) is 5.64. The number of hydrogen-bond donors (Lipinski definition) is 3. The van der Waals surface area contributed by atoms with E-state index in [1.807, 2.05) is 6.92 Å². The average Bonchev–Trinajstić information content (AvgIpc) is 3.40. The lowest BCUT2D eigenvalue weighted by molar-refractivity contribution is 0.0956. The van der Waals surface area contributed by atoms with Crippen LogP contribution in [0.4, 0.5) is 0 Å². The summed E-state index contributed by atoms with van der Waals surface area (Å²) in [4.78, 5) is 43.8. The highest BCUT2D eigenvalue weighted by Gasteiger charge is 2.28. The first-order valence-electron chi connectivity index (χ1n) is 8.22. The number of amides is 1. The summed E-state index contributed by atoms with van der Waals surface area (Å²) in [6.45, 7) is 2.98. The van der Waals surface area contributed by atoms with E-state index in [0.717, 1.165) is 18.5 Å². The normalized spacial score (nSPS) is 14.1. The fourth-order valence-corrected chi connectivity index (χ4v) is 2.77. The van der Waals surface area contributed by atoms with Gasteiger partial charge >= 0.3 is 5.69 Å². The molecule has 128 valence electrons. The lowest BCUT2D eigenvalue weighted by atomic mass is 10.1. The van der Waals surface area contributed by atoms with Gasteiger partial charge in [0.2, 0.25) is 0 Å². The van der Waals surface area contributed by atoms with Crippen molar-refractivity contribution in [2.24, 2.45) is 5.73 Å². The van der Waals surface area contributed by atoms with Crippen LogP contribution in [0.15, 0.2) is 15.7 Å². The van der Waals surface area contributed by atoms with Crippen molar-refractivity contribution < 1.29 is 4.79 Å². The first-order chi connectivity index (χ1) is 11.6. The summed E-state index contributed by atoms with van der Waals surface area (Å²) < 4.78 is 1.43. The molecule has 2 heterocycles. The van der Waals surface area contributed by atoms with Gasteiger partial charge in [0.05, 0.1) is 10.9 Å². The fourth-order valence-electron chi connectivity index (χ4n) is 2.77. The Morgan fingerprint density at radius 2 is 2.21 bits per heavy atom. The van der Waals surface area contributed by atoms with Crippen LogP contribution in [0.3, 0.4) is 0 Å². The molecule has 2 aromatic rings. The molecule has 0 saturated heterocycles. The van der Waals surface area contributed by atoms with Crippen LogP contribution >= 0.6 is 0 Å². The number of H-pyrrole nitrogens is 1. The molecule has 3 rings (SSSR count). The molecule has 0 atom stereocenters. The van der Waals surface area contributed by atoms with E-state index in [-0.39, 0.29) is 22.5 Å². The monoisotopic (exact) mass is 331 g/mol. The van der Waals surface area contributed by atoms with Gasteiger partial charge in [-0.3, -0.25) is 19.1 Å². The summed E-state index contributed by atoms with van der Waals surface area (Å²) >= 11 is 0. The van der Waals surface area contributed by atoms with Crippen molar-refractivity contribution in [3.63, 3.8) is 0 Å². The third-order valence-corrected chi connectivity index (χ3v) is 4.09. The summed E-state index contributed by atoms with van der Waals surface area (Å²) in [5.74, 6) is -0.0816. The topological polar surface area (TPSA) is 123 Å². The van der Waals surface area contributed by atoms with Crippen LogP contribution in [0.1, 0.15) is 48.2 Å². The maximum atomic E-state index is 12.5. The number of nitrogens with zero attached hydrogens (tertiary/aromatic N) is 2. The van der Waals surface area contributed by atoms with Crippen molar-refractivity contribution in [3.8, 4) is 0 Å². The molecule has 4 N–H and O–H groups in total. The Morgan fingerprint density at radius 3 is 2.83 bits per heavy atom. The molecule has 0 spiro atoms.